The maximum Gasteiger partial charge on any atom is 0.287 e. The summed E-state index contributed by atoms with van der Waals surface area (Å²) >= 11 is 0. The van der Waals surface area contributed by atoms with E-state index in [-0.39, 0.29) is 24.4 Å². The van der Waals surface area contributed by atoms with Crippen molar-refractivity contribution in [2.75, 3.05) is 6.54 Å². The van der Waals surface area contributed by atoms with E-state index in [9.17, 15) is 4.79 Å². The van der Waals surface area contributed by atoms with Gasteiger partial charge < -0.3 is 15.5 Å². The van der Waals surface area contributed by atoms with E-state index in [1.165, 1.54) is 12.8 Å². The molecule has 4 nitrogen and oxygen atoms in total. The molecule has 3 N–H and O–H groups in total. The van der Waals surface area contributed by atoms with Crippen molar-refractivity contribution in [1.29, 1.82) is 0 Å². The number of hydrogen-bond donors (Lipinski definition) is 2. The Morgan fingerprint density at radius 1 is 1.62 bits per heavy atom. The molecular formula is C11H17ClN2O2. The molecule has 0 saturated heterocycles. The summed E-state index contributed by atoms with van der Waals surface area (Å²) in [5.41, 5.74) is 5.87. The van der Waals surface area contributed by atoms with Gasteiger partial charge in [-0.3, -0.25) is 4.79 Å². The summed E-state index contributed by atoms with van der Waals surface area (Å²) in [6.45, 7) is 2.34. The molecule has 1 aromatic heterocycles. The van der Waals surface area contributed by atoms with Crippen LogP contribution in [0.25, 0.3) is 0 Å². The van der Waals surface area contributed by atoms with Gasteiger partial charge >= 0.3 is 0 Å². The summed E-state index contributed by atoms with van der Waals surface area (Å²) in [5, 5.41) is 2.78. The van der Waals surface area contributed by atoms with E-state index in [0.717, 1.165) is 5.76 Å². The first kappa shape index (κ1) is 13.1. The number of halogens is 1. The van der Waals surface area contributed by atoms with Gasteiger partial charge in [0.05, 0.1) is 0 Å². The first-order chi connectivity index (χ1) is 7.16. The summed E-state index contributed by atoms with van der Waals surface area (Å²) in [7, 11) is 0. The monoisotopic (exact) mass is 244 g/mol. The normalized spacial score (nSPS) is 16.4. The van der Waals surface area contributed by atoms with E-state index in [1.807, 2.05) is 6.92 Å². The SMILES string of the molecule is Cc1ccc(C(=O)NCC(N)C2CC2)o1.Cl. The van der Waals surface area contributed by atoms with Crippen LogP contribution in [0, 0.1) is 12.8 Å². The molecule has 0 spiro atoms. The number of nitrogens with two attached hydrogens (primary N) is 1. The minimum atomic E-state index is -0.181. The Hall–Kier alpha value is -1.00. The zero-order chi connectivity index (χ0) is 10.8. The van der Waals surface area contributed by atoms with Crippen molar-refractivity contribution < 1.29 is 9.21 Å². The molecule has 1 aromatic rings. The number of furan rings is 1. The molecule has 1 unspecified atom stereocenters. The van der Waals surface area contributed by atoms with Crippen molar-refractivity contribution in [3.05, 3.63) is 23.7 Å². The highest BCUT2D eigenvalue weighted by atomic mass is 35.5. The molecule has 5 heteroatoms. The average molecular weight is 245 g/mol. The van der Waals surface area contributed by atoms with E-state index < -0.39 is 0 Å². The van der Waals surface area contributed by atoms with Crippen LogP contribution < -0.4 is 11.1 Å². The molecule has 1 amide bonds. The quantitative estimate of drug-likeness (QED) is 0.843. The van der Waals surface area contributed by atoms with Crippen molar-refractivity contribution >= 4 is 18.3 Å². The van der Waals surface area contributed by atoms with Crippen LogP contribution in [0.3, 0.4) is 0 Å². The van der Waals surface area contributed by atoms with Crippen molar-refractivity contribution in [2.24, 2.45) is 11.7 Å². The fourth-order valence-electron chi connectivity index (χ4n) is 1.55. The molecular weight excluding hydrogens is 228 g/mol. The van der Waals surface area contributed by atoms with Gasteiger partial charge in [-0.05, 0) is 37.8 Å². The number of hydrogen-bond acceptors (Lipinski definition) is 3. The van der Waals surface area contributed by atoms with Gasteiger partial charge in [0.1, 0.15) is 5.76 Å². The Morgan fingerprint density at radius 2 is 2.31 bits per heavy atom. The van der Waals surface area contributed by atoms with Crippen LogP contribution >= 0.6 is 12.4 Å². The highest BCUT2D eigenvalue weighted by Gasteiger charge is 2.28. The van der Waals surface area contributed by atoms with Crippen LogP contribution in [-0.2, 0) is 0 Å². The first-order valence-corrected chi connectivity index (χ1v) is 5.27. The number of rotatable bonds is 4. The lowest BCUT2D eigenvalue weighted by atomic mass is 10.2. The standard InChI is InChI=1S/C11H16N2O2.ClH/c1-7-2-5-10(15-7)11(14)13-6-9(12)8-3-4-8;/h2,5,8-9H,3-4,6,12H2,1H3,(H,13,14);1H. The van der Waals surface area contributed by atoms with E-state index in [1.54, 1.807) is 12.1 Å². The summed E-state index contributed by atoms with van der Waals surface area (Å²) < 4.78 is 5.20. The number of aryl methyl sites for hydroxylation is 1. The van der Waals surface area contributed by atoms with Crippen LogP contribution in [0.2, 0.25) is 0 Å². The van der Waals surface area contributed by atoms with E-state index in [0.29, 0.717) is 18.2 Å². The Morgan fingerprint density at radius 3 is 2.81 bits per heavy atom. The molecule has 90 valence electrons. The maximum absolute atomic E-state index is 11.5. The lowest BCUT2D eigenvalue weighted by molar-refractivity contribution is 0.0921. The minimum absolute atomic E-state index is 0. The van der Waals surface area contributed by atoms with Crippen LogP contribution in [-0.4, -0.2) is 18.5 Å². The highest BCUT2D eigenvalue weighted by Crippen LogP contribution is 2.31. The third-order valence-corrected chi connectivity index (χ3v) is 2.69. The van der Waals surface area contributed by atoms with E-state index >= 15 is 0 Å². The number of nitrogens with one attached hydrogen (secondary N) is 1. The molecule has 1 heterocycles. The molecule has 1 saturated carbocycles. The molecule has 1 fully saturated rings. The van der Waals surface area contributed by atoms with Crippen LogP contribution in [0.5, 0.6) is 0 Å². The Labute approximate surface area is 101 Å². The van der Waals surface area contributed by atoms with Crippen molar-refractivity contribution in [3.63, 3.8) is 0 Å². The van der Waals surface area contributed by atoms with Crippen LogP contribution in [0.15, 0.2) is 16.5 Å². The molecule has 2 rings (SSSR count). The zero-order valence-electron chi connectivity index (χ0n) is 9.23. The highest BCUT2D eigenvalue weighted by molar-refractivity contribution is 5.91. The van der Waals surface area contributed by atoms with Gasteiger partial charge in [-0.2, -0.15) is 0 Å². The van der Waals surface area contributed by atoms with Gasteiger partial charge in [0.2, 0.25) is 0 Å². The predicted molar refractivity (Wildman–Crippen MR) is 63.7 cm³/mol. The Balaban J connectivity index is 0.00000128. The smallest absolute Gasteiger partial charge is 0.287 e. The van der Waals surface area contributed by atoms with Gasteiger partial charge in [0, 0.05) is 12.6 Å². The van der Waals surface area contributed by atoms with Crippen LogP contribution in [0.4, 0.5) is 0 Å². The number of carbonyl (C=O) groups excluding carboxylic acids is 1. The average Bonchev–Trinajstić information content (AvgIpc) is 2.97. The topological polar surface area (TPSA) is 68.3 Å². The third kappa shape index (κ3) is 3.25. The van der Waals surface area contributed by atoms with E-state index in [2.05, 4.69) is 5.32 Å². The molecule has 1 atom stereocenters. The van der Waals surface area contributed by atoms with Crippen LogP contribution in [0.1, 0.15) is 29.2 Å². The second kappa shape index (κ2) is 5.37. The van der Waals surface area contributed by atoms with E-state index in [4.69, 9.17) is 10.2 Å². The maximum atomic E-state index is 11.5. The predicted octanol–water partition coefficient (Wildman–Crippen LogP) is 1.48. The van der Waals surface area contributed by atoms with Gasteiger partial charge in [-0.1, -0.05) is 0 Å². The van der Waals surface area contributed by atoms with Gasteiger partial charge in [0.15, 0.2) is 5.76 Å². The van der Waals surface area contributed by atoms with Gasteiger partial charge in [-0.25, -0.2) is 0 Å². The number of amides is 1. The summed E-state index contributed by atoms with van der Waals surface area (Å²) in [6.07, 6.45) is 2.38. The van der Waals surface area contributed by atoms with Gasteiger partial charge in [-0.15, -0.1) is 12.4 Å². The van der Waals surface area contributed by atoms with Crippen molar-refractivity contribution in [1.82, 2.24) is 5.32 Å². The summed E-state index contributed by atoms with van der Waals surface area (Å²) in [6, 6.07) is 3.54. The lowest BCUT2D eigenvalue weighted by Gasteiger charge is -2.10. The zero-order valence-corrected chi connectivity index (χ0v) is 10.0. The van der Waals surface area contributed by atoms with Crippen molar-refractivity contribution in [3.8, 4) is 0 Å². The second-order valence-corrected chi connectivity index (χ2v) is 4.12. The molecule has 0 bridgehead atoms. The third-order valence-electron chi connectivity index (χ3n) is 2.69. The van der Waals surface area contributed by atoms with Crippen molar-refractivity contribution in [2.45, 2.75) is 25.8 Å². The van der Waals surface area contributed by atoms with Gasteiger partial charge in [0.25, 0.3) is 5.91 Å². The molecule has 0 aliphatic heterocycles. The fourth-order valence-corrected chi connectivity index (χ4v) is 1.55. The molecule has 1 aliphatic rings. The minimum Gasteiger partial charge on any atom is -0.456 e. The first-order valence-electron chi connectivity index (χ1n) is 5.27. The second-order valence-electron chi connectivity index (χ2n) is 4.12. The summed E-state index contributed by atoms with van der Waals surface area (Å²) in [5.74, 6) is 1.52. The molecule has 1 aliphatic carbocycles. The number of carbonyl (C=O) groups is 1. The Bertz CT molecular complexity index is 361. The Kier molecular flexibility index (Phi) is 4.38. The molecule has 0 aromatic carbocycles. The molecule has 16 heavy (non-hydrogen) atoms. The molecule has 0 radical (unpaired) electrons. The fraction of sp³-hybridized carbons (Fsp3) is 0.545. The lowest BCUT2D eigenvalue weighted by Crippen LogP contribution is -2.38. The largest absolute Gasteiger partial charge is 0.456 e. The summed E-state index contributed by atoms with van der Waals surface area (Å²) in [4.78, 5) is 11.5.